The Morgan fingerprint density at radius 1 is 1.29 bits per heavy atom. The van der Waals surface area contributed by atoms with Crippen LogP contribution in [0.3, 0.4) is 0 Å². The van der Waals surface area contributed by atoms with Gasteiger partial charge < -0.3 is 15.6 Å². The van der Waals surface area contributed by atoms with Gasteiger partial charge in [0.25, 0.3) is 0 Å². The van der Waals surface area contributed by atoms with Gasteiger partial charge in [-0.25, -0.2) is 4.98 Å². The maximum atomic E-state index is 11.4. The van der Waals surface area contributed by atoms with E-state index >= 15 is 0 Å². The van der Waals surface area contributed by atoms with Gasteiger partial charge in [-0.2, -0.15) is 0 Å². The lowest BCUT2D eigenvalue weighted by Gasteiger charge is -2.05. The van der Waals surface area contributed by atoms with Gasteiger partial charge in [0.1, 0.15) is 0 Å². The molecule has 0 aliphatic carbocycles. The second kappa shape index (κ2) is 8.75. The lowest BCUT2D eigenvalue weighted by atomic mass is 10.2. The number of nitrogens with one attached hydrogen (secondary N) is 1. The van der Waals surface area contributed by atoms with E-state index in [4.69, 9.17) is 5.73 Å². The molecule has 17 heavy (non-hydrogen) atoms. The molecular weight excluding hydrogens is 216 g/mol. The first-order valence-corrected chi connectivity index (χ1v) is 6.25. The molecule has 1 aromatic rings. The van der Waals surface area contributed by atoms with Crippen molar-refractivity contribution in [3.63, 3.8) is 0 Å². The van der Waals surface area contributed by atoms with Crippen LogP contribution in [0.2, 0.25) is 0 Å². The van der Waals surface area contributed by atoms with Crippen molar-refractivity contribution in [2.75, 3.05) is 13.1 Å². The van der Waals surface area contributed by atoms with E-state index in [2.05, 4.69) is 10.3 Å². The van der Waals surface area contributed by atoms with Crippen LogP contribution in [0.1, 0.15) is 32.1 Å². The minimum absolute atomic E-state index is 0.146. The molecule has 5 nitrogen and oxygen atoms in total. The normalized spacial score (nSPS) is 10.4. The van der Waals surface area contributed by atoms with Gasteiger partial charge in [0.2, 0.25) is 5.91 Å². The Labute approximate surface area is 102 Å². The van der Waals surface area contributed by atoms with Crippen LogP contribution < -0.4 is 11.1 Å². The molecule has 0 bridgehead atoms. The topological polar surface area (TPSA) is 72.9 Å². The fourth-order valence-electron chi connectivity index (χ4n) is 1.60. The van der Waals surface area contributed by atoms with Gasteiger partial charge in [0.05, 0.1) is 6.33 Å². The lowest BCUT2D eigenvalue weighted by molar-refractivity contribution is -0.121. The van der Waals surface area contributed by atoms with Crippen LogP contribution in [0.25, 0.3) is 0 Å². The first-order chi connectivity index (χ1) is 8.33. The Bertz CT molecular complexity index is 297. The number of imidazole rings is 1. The van der Waals surface area contributed by atoms with E-state index in [1.165, 1.54) is 0 Å². The molecule has 0 saturated carbocycles. The molecule has 1 heterocycles. The average molecular weight is 238 g/mol. The number of carbonyl (C=O) groups excluding carboxylic acids is 1. The third-order valence-corrected chi connectivity index (χ3v) is 2.58. The van der Waals surface area contributed by atoms with Crippen molar-refractivity contribution in [2.45, 2.75) is 38.6 Å². The standard InChI is InChI=1S/C12H22N4O/c13-6-3-1-2-5-12(17)15-7-4-9-16-10-8-14-11-16/h8,10-11H,1-7,9,13H2,(H,15,17). The van der Waals surface area contributed by atoms with Crippen LogP contribution in [0, 0.1) is 0 Å². The van der Waals surface area contributed by atoms with Crippen molar-refractivity contribution >= 4 is 5.91 Å². The van der Waals surface area contributed by atoms with Gasteiger partial charge in [-0.3, -0.25) is 4.79 Å². The van der Waals surface area contributed by atoms with E-state index in [9.17, 15) is 4.79 Å². The molecule has 0 aromatic carbocycles. The summed E-state index contributed by atoms with van der Waals surface area (Å²) >= 11 is 0. The van der Waals surface area contributed by atoms with Gasteiger partial charge >= 0.3 is 0 Å². The summed E-state index contributed by atoms with van der Waals surface area (Å²) in [6.07, 6.45) is 10.0. The minimum atomic E-state index is 0.146. The van der Waals surface area contributed by atoms with Crippen molar-refractivity contribution in [1.29, 1.82) is 0 Å². The fourth-order valence-corrected chi connectivity index (χ4v) is 1.60. The highest BCUT2D eigenvalue weighted by molar-refractivity contribution is 5.75. The number of hydrogen-bond acceptors (Lipinski definition) is 3. The van der Waals surface area contributed by atoms with Crippen molar-refractivity contribution < 1.29 is 4.79 Å². The van der Waals surface area contributed by atoms with Crippen LogP contribution in [0.4, 0.5) is 0 Å². The third-order valence-electron chi connectivity index (χ3n) is 2.58. The molecule has 0 unspecified atom stereocenters. The molecular formula is C12H22N4O. The van der Waals surface area contributed by atoms with Gasteiger partial charge in [0, 0.05) is 31.9 Å². The zero-order valence-corrected chi connectivity index (χ0v) is 10.3. The first-order valence-electron chi connectivity index (χ1n) is 6.25. The van der Waals surface area contributed by atoms with E-state index in [1.54, 1.807) is 12.5 Å². The summed E-state index contributed by atoms with van der Waals surface area (Å²) in [7, 11) is 0. The molecule has 3 N–H and O–H groups in total. The Morgan fingerprint density at radius 3 is 2.88 bits per heavy atom. The first kappa shape index (κ1) is 13.7. The Hall–Kier alpha value is -1.36. The predicted octanol–water partition coefficient (Wildman–Crippen LogP) is 0.909. The number of carbonyl (C=O) groups is 1. The molecule has 0 saturated heterocycles. The smallest absolute Gasteiger partial charge is 0.219 e. The van der Waals surface area contributed by atoms with Gasteiger partial charge in [-0.1, -0.05) is 6.42 Å². The molecule has 0 spiro atoms. The molecule has 0 atom stereocenters. The summed E-state index contributed by atoms with van der Waals surface area (Å²) in [6.45, 7) is 2.34. The highest BCUT2D eigenvalue weighted by Gasteiger charge is 1.99. The molecule has 1 aromatic heterocycles. The number of rotatable bonds is 9. The van der Waals surface area contributed by atoms with Crippen LogP contribution in [-0.4, -0.2) is 28.5 Å². The van der Waals surface area contributed by atoms with E-state index < -0.39 is 0 Å². The molecule has 0 fully saturated rings. The second-order valence-electron chi connectivity index (χ2n) is 4.10. The average Bonchev–Trinajstić information content (AvgIpc) is 2.83. The van der Waals surface area contributed by atoms with Gasteiger partial charge in [0.15, 0.2) is 0 Å². The van der Waals surface area contributed by atoms with Crippen molar-refractivity contribution in [3.05, 3.63) is 18.7 Å². The van der Waals surface area contributed by atoms with Crippen molar-refractivity contribution in [3.8, 4) is 0 Å². The van der Waals surface area contributed by atoms with Gasteiger partial charge in [-0.05, 0) is 25.8 Å². The molecule has 1 amide bonds. The van der Waals surface area contributed by atoms with Gasteiger partial charge in [-0.15, -0.1) is 0 Å². The maximum Gasteiger partial charge on any atom is 0.219 e. The highest BCUT2D eigenvalue weighted by atomic mass is 16.1. The predicted molar refractivity (Wildman–Crippen MR) is 67.4 cm³/mol. The molecule has 0 aliphatic heterocycles. The molecule has 5 heteroatoms. The lowest BCUT2D eigenvalue weighted by Crippen LogP contribution is -2.24. The largest absolute Gasteiger partial charge is 0.356 e. The Balaban J connectivity index is 1.93. The van der Waals surface area contributed by atoms with Crippen molar-refractivity contribution in [1.82, 2.24) is 14.9 Å². The van der Waals surface area contributed by atoms with Crippen LogP contribution in [0.15, 0.2) is 18.7 Å². The van der Waals surface area contributed by atoms with E-state index in [0.717, 1.165) is 38.8 Å². The summed E-state index contributed by atoms with van der Waals surface area (Å²) in [5, 5.41) is 2.92. The molecule has 96 valence electrons. The van der Waals surface area contributed by atoms with Crippen molar-refractivity contribution in [2.24, 2.45) is 5.73 Å². The number of nitrogens with zero attached hydrogens (tertiary/aromatic N) is 2. The SMILES string of the molecule is NCCCCCC(=O)NCCCn1ccnc1. The number of aromatic nitrogens is 2. The fraction of sp³-hybridized carbons (Fsp3) is 0.667. The number of amides is 1. The monoisotopic (exact) mass is 238 g/mol. The maximum absolute atomic E-state index is 11.4. The molecule has 0 aliphatic rings. The van der Waals surface area contributed by atoms with E-state index in [0.29, 0.717) is 13.0 Å². The van der Waals surface area contributed by atoms with Crippen LogP contribution in [-0.2, 0) is 11.3 Å². The summed E-state index contributed by atoms with van der Waals surface area (Å²) in [5.41, 5.74) is 5.38. The Morgan fingerprint density at radius 2 is 2.18 bits per heavy atom. The second-order valence-corrected chi connectivity index (χ2v) is 4.10. The van der Waals surface area contributed by atoms with E-state index in [1.807, 2.05) is 10.8 Å². The number of nitrogens with two attached hydrogens (primary N) is 1. The molecule has 1 rings (SSSR count). The van der Waals surface area contributed by atoms with Crippen LogP contribution >= 0.6 is 0 Å². The van der Waals surface area contributed by atoms with E-state index in [-0.39, 0.29) is 5.91 Å². The van der Waals surface area contributed by atoms with Crippen LogP contribution in [0.5, 0.6) is 0 Å². The number of hydrogen-bond donors (Lipinski definition) is 2. The number of unbranched alkanes of at least 4 members (excludes halogenated alkanes) is 2. The summed E-state index contributed by atoms with van der Waals surface area (Å²) < 4.78 is 2.01. The quantitative estimate of drug-likeness (QED) is 0.628. The number of aryl methyl sites for hydroxylation is 1. The summed E-state index contributed by atoms with van der Waals surface area (Å²) in [4.78, 5) is 15.4. The zero-order chi connectivity index (χ0) is 12.3. The summed E-state index contributed by atoms with van der Waals surface area (Å²) in [6, 6.07) is 0. The molecule has 0 radical (unpaired) electrons. The highest BCUT2D eigenvalue weighted by Crippen LogP contribution is 1.98. The minimum Gasteiger partial charge on any atom is -0.356 e. The Kier molecular flexibility index (Phi) is 7.06. The zero-order valence-electron chi connectivity index (χ0n) is 10.3. The summed E-state index contributed by atoms with van der Waals surface area (Å²) in [5.74, 6) is 0.146. The third kappa shape index (κ3) is 6.73.